The van der Waals surface area contributed by atoms with Crippen LogP contribution in [0.3, 0.4) is 0 Å². The fraction of sp³-hybridized carbons (Fsp3) is 0.360. The number of amides is 1. The standard InChI is InChI=1S/C25H27F2N3O5S/c1-16(14-21-4-3-13-34-21)28-25(31)19-9-11-30(12-10-19)36(32,33)24-17(2)29-35-23(24)8-6-18-5-7-20(26)15-22(18)27/h3-8,13,15-16,19H,9-12,14H2,1-2H3,(H,28,31)/b8-6+/t16-/m1/s1. The number of hydrogen-bond acceptors (Lipinski definition) is 6. The van der Waals surface area contributed by atoms with Gasteiger partial charge in [0, 0.05) is 43.1 Å². The van der Waals surface area contributed by atoms with Gasteiger partial charge in [-0.05, 0) is 63.1 Å². The predicted octanol–water partition coefficient (Wildman–Crippen LogP) is 4.17. The smallest absolute Gasteiger partial charge is 0.248 e. The van der Waals surface area contributed by atoms with Crippen LogP contribution in [0, 0.1) is 24.5 Å². The molecule has 0 saturated carbocycles. The van der Waals surface area contributed by atoms with Crippen LogP contribution < -0.4 is 5.32 Å². The van der Waals surface area contributed by atoms with Gasteiger partial charge in [0.15, 0.2) is 10.7 Å². The third-order valence-electron chi connectivity index (χ3n) is 6.11. The number of carbonyl (C=O) groups excluding carboxylic acids is 1. The Hall–Kier alpha value is -3.31. The Labute approximate surface area is 208 Å². The van der Waals surface area contributed by atoms with Crippen LogP contribution in [0.25, 0.3) is 12.2 Å². The van der Waals surface area contributed by atoms with Gasteiger partial charge in [-0.15, -0.1) is 0 Å². The zero-order valence-electron chi connectivity index (χ0n) is 19.9. The van der Waals surface area contributed by atoms with E-state index in [0.717, 1.165) is 17.9 Å². The number of nitrogens with one attached hydrogen (secondary N) is 1. The maximum Gasteiger partial charge on any atom is 0.248 e. The van der Waals surface area contributed by atoms with Gasteiger partial charge in [-0.2, -0.15) is 4.31 Å². The summed E-state index contributed by atoms with van der Waals surface area (Å²) in [5, 5.41) is 6.75. The van der Waals surface area contributed by atoms with Gasteiger partial charge >= 0.3 is 0 Å². The fourth-order valence-electron chi connectivity index (χ4n) is 4.23. The second-order valence-corrected chi connectivity index (χ2v) is 10.7. The zero-order valence-corrected chi connectivity index (χ0v) is 20.7. The first kappa shape index (κ1) is 25.8. The number of halogens is 2. The van der Waals surface area contributed by atoms with Crippen molar-refractivity contribution in [3.05, 3.63) is 71.0 Å². The molecule has 4 rings (SSSR count). The predicted molar refractivity (Wildman–Crippen MR) is 128 cm³/mol. The Bertz CT molecular complexity index is 1340. The molecule has 192 valence electrons. The van der Waals surface area contributed by atoms with Gasteiger partial charge < -0.3 is 14.3 Å². The van der Waals surface area contributed by atoms with Gasteiger partial charge in [-0.1, -0.05) is 5.16 Å². The van der Waals surface area contributed by atoms with Crippen molar-refractivity contribution in [2.45, 2.75) is 44.0 Å². The molecule has 3 heterocycles. The molecule has 8 nitrogen and oxygen atoms in total. The Balaban J connectivity index is 1.41. The van der Waals surface area contributed by atoms with Gasteiger partial charge in [-0.25, -0.2) is 17.2 Å². The average molecular weight is 520 g/mol. The van der Waals surface area contributed by atoms with E-state index >= 15 is 0 Å². The second-order valence-electron chi connectivity index (χ2n) is 8.83. The lowest BCUT2D eigenvalue weighted by Gasteiger charge is -2.31. The summed E-state index contributed by atoms with van der Waals surface area (Å²) >= 11 is 0. The molecule has 11 heteroatoms. The summed E-state index contributed by atoms with van der Waals surface area (Å²) in [5.41, 5.74) is 0.239. The molecule has 0 aliphatic carbocycles. The summed E-state index contributed by atoms with van der Waals surface area (Å²) in [6, 6.07) is 6.60. The molecule has 0 spiro atoms. The quantitative estimate of drug-likeness (QED) is 0.479. The summed E-state index contributed by atoms with van der Waals surface area (Å²) in [7, 11) is -3.98. The van der Waals surface area contributed by atoms with E-state index in [2.05, 4.69) is 10.5 Å². The van der Waals surface area contributed by atoms with E-state index in [0.29, 0.717) is 19.3 Å². The molecule has 1 fully saturated rings. The van der Waals surface area contributed by atoms with Gasteiger partial charge in [0.1, 0.15) is 23.1 Å². The highest BCUT2D eigenvalue weighted by Crippen LogP contribution is 2.29. The number of benzene rings is 1. The molecule has 1 saturated heterocycles. The van der Waals surface area contributed by atoms with Gasteiger partial charge in [-0.3, -0.25) is 4.79 Å². The van der Waals surface area contributed by atoms with Crippen molar-refractivity contribution < 1.29 is 30.9 Å². The molecular formula is C25H27F2N3O5S. The first-order chi connectivity index (χ1) is 17.1. The maximum atomic E-state index is 14.0. The number of carbonyl (C=O) groups is 1. The number of piperidine rings is 1. The maximum absolute atomic E-state index is 14.0. The van der Waals surface area contributed by atoms with Crippen molar-refractivity contribution in [1.82, 2.24) is 14.8 Å². The summed E-state index contributed by atoms with van der Waals surface area (Å²) < 4.78 is 65.7. The third kappa shape index (κ3) is 5.73. The Morgan fingerprint density at radius 2 is 2.00 bits per heavy atom. The summed E-state index contributed by atoms with van der Waals surface area (Å²) in [6.45, 7) is 3.72. The number of aromatic nitrogens is 1. The van der Waals surface area contributed by atoms with E-state index in [9.17, 15) is 22.0 Å². The summed E-state index contributed by atoms with van der Waals surface area (Å²) in [6.07, 6.45) is 5.48. The van der Waals surface area contributed by atoms with Crippen LogP contribution in [0.15, 0.2) is 50.4 Å². The molecule has 1 aromatic carbocycles. The Morgan fingerprint density at radius 3 is 2.67 bits per heavy atom. The molecule has 0 radical (unpaired) electrons. The SMILES string of the molecule is Cc1noc(/C=C/c2ccc(F)cc2F)c1S(=O)(=O)N1CCC(C(=O)N[C@H](C)Cc2ccco2)CC1. The number of furan rings is 1. The molecule has 1 N–H and O–H groups in total. The van der Waals surface area contributed by atoms with Crippen LogP contribution >= 0.6 is 0 Å². The lowest BCUT2D eigenvalue weighted by atomic mass is 9.96. The van der Waals surface area contributed by atoms with E-state index in [1.165, 1.54) is 29.4 Å². The highest BCUT2D eigenvalue weighted by molar-refractivity contribution is 7.89. The second kappa shape index (κ2) is 10.8. The lowest BCUT2D eigenvalue weighted by Crippen LogP contribution is -2.45. The minimum atomic E-state index is -3.98. The van der Waals surface area contributed by atoms with E-state index in [-0.39, 0.29) is 52.9 Å². The van der Waals surface area contributed by atoms with Crippen LogP contribution in [0.4, 0.5) is 8.78 Å². The largest absolute Gasteiger partial charge is 0.469 e. The number of rotatable bonds is 8. The van der Waals surface area contributed by atoms with E-state index in [1.54, 1.807) is 12.3 Å². The molecule has 36 heavy (non-hydrogen) atoms. The topological polar surface area (TPSA) is 106 Å². The summed E-state index contributed by atoms with van der Waals surface area (Å²) in [5.74, 6) is -1.20. The number of aryl methyl sites for hydroxylation is 1. The van der Waals surface area contributed by atoms with Crippen LogP contribution in [-0.2, 0) is 21.2 Å². The molecular weight excluding hydrogens is 492 g/mol. The highest BCUT2D eigenvalue weighted by atomic mass is 32.2. The van der Waals surface area contributed by atoms with Crippen molar-refractivity contribution in [3.63, 3.8) is 0 Å². The van der Waals surface area contributed by atoms with Gasteiger partial charge in [0.05, 0.1) is 6.26 Å². The van der Waals surface area contributed by atoms with Crippen LogP contribution in [0.1, 0.15) is 42.5 Å². The molecule has 1 amide bonds. The van der Waals surface area contributed by atoms with Crippen LogP contribution in [-0.4, -0.2) is 42.9 Å². The minimum Gasteiger partial charge on any atom is -0.469 e. The van der Waals surface area contributed by atoms with Gasteiger partial charge in [0.2, 0.25) is 15.9 Å². The number of hydrogen-bond donors (Lipinski definition) is 1. The molecule has 3 aromatic rings. The zero-order chi connectivity index (χ0) is 25.9. The molecule has 0 bridgehead atoms. The highest BCUT2D eigenvalue weighted by Gasteiger charge is 2.36. The lowest BCUT2D eigenvalue weighted by molar-refractivity contribution is -0.126. The van der Waals surface area contributed by atoms with Gasteiger partial charge in [0.25, 0.3) is 0 Å². The van der Waals surface area contributed by atoms with Crippen molar-refractivity contribution in [3.8, 4) is 0 Å². The van der Waals surface area contributed by atoms with Crippen molar-refractivity contribution >= 4 is 28.1 Å². The van der Waals surface area contributed by atoms with E-state index in [1.807, 2.05) is 13.0 Å². The first-order valence-corrected chi connectivity index (χ1v) is 13.0. The van der Waals surface area contributed by atoms with E-state index < -0.39 is 21.7 Å². The van der Waals surface area contributed by atoms with Crippen molar-refractivity contribution in [1.29, 1.82) is 0 Å². The monoisotopic (exact) mass is 519 g/mol. The summed E-state index contributed by atoms with van der Waals surface area (Å²) in [4.78, 5) is 12.6. The third-order valence-corrected chi connectivity index (χ3v) is 8.17. The van der Waals surface area contributed by atoms with Crippen molar-refractivity contribution in [2.75, 3.05) is 13.1 Å². The minimum absolute atomic E-state index is 0.0529. The Morgan fingerprint density at radius 1 is 1.25 bits per heavy atom. The average Bonchev–Trinajstić information content (AvgIpc) is 3.48. The van der Waals surface area contributed by atoms with E-state index in [4.69, 9.17) is 8.94 Å². The molecule has 2 aromatic heterocycles. The first-order valence-electron chi connectivity index (χ1n) is 11.6. The van der Waals surface area contributed by atoms with Crippen molar-refractivity contribution in [2.24, 2.45) is 5.92 Å². The molecule has 0 unspecified atom stereocenters. The molecule has 1 aliphatic heterocycles. The fourth-order valence-corrected chi connectivity index (χ4v) is 5.95. The van der Waals surface area contributed by atoms with Crippen LogP contribution in [0.5, 0.6) is 0 Å². The molecule has 1 aliphatic rings. The Kier molecular flexibility index (Phi) is 7.70. The molecule has 1 atom stereocenters. The van der Waals surface area contributed by atoms with Crippen LogP contribution in [0.2, 0.25) is 0 Å². The normalized spacial score (nSPS) is 16.4. The number of nitrogens with zero attached hydrogens (tertiary/aromatic N) is 2. The number of sulfonamides is 1.